The molecule has 0 radical (unpaired) electrons. The molecule has 140 valence electrons. The standard InChI is InChI=1S/C23H25NO3/c1-27-23(26)9-5-4-8-22(25)20-12-10-18(11-13-20)16-24-15-14-19-6-2-3-7-21(19)17-24/h2-3,5-7,9-13H,4,8,14-17H2,1H3/b9-5+. The maximum atomic E-state index is 12.2. The summed E-state index contributed by atoms with van der Waals surface area (Å²) in [5.74, 6) is -0.310. The number of methoxy groups -OCH3 is 1. The smallest absolute Gasteiger partial charge is 0.330 e. The molecule has 1 aliphatic heterocycles. The van der Waals surface area contributed by atoms with Crippen LogP contribution in [0.1, 0.15) is 39.9 Å². The number of hydrogen-bond acceptors (Lipinski definition) is 4. The molecule has 1 heterocycles. The van der Waals surface area contributed by atoms with Crippen LogP contribution in [0, 0.1) is 0 Å². The average Bonchev–Trinajstić information content (AvgIpc) is 2.71. The van der Waals surface area contributed by atoms with Gasteiger partial charge in [-0.15, -0.1) is 0 Å². The van der Waals surface area contributed by atoms with Crippen LogP contribution in [0.5, 0.6) is 0 Å². The number of esters is 1. The maximum absolute atomic E-state index is 12.2. The summed E-state index contributed by atoms with van der Waals surface area (Å²) >= 11 is 0. The van der Waals surface area contributed by atoms with Gasteiger partial charge in [0.05, 0.1) is 7.11 Å². The number of hydrogen-bond donors (Lipinski definition) is 0. The zero-order chi connectivity index (χ0) is 19.1. The van der Waals surface area contributed by atoms with Crippen molar-refractivity contribution in [2.75, 3.05) is 13.7 Å². The van der Waals surface area contributed by atoms with E-state index in [4.69, 9.17) is 0 Å². The van der Waals surface area contributed by atoms with Crippen LogP contribution in [0.3, 0.4) is 0 Å². The van der Waals surface area contributed by atoms with Crippen LogP contribution in [0.4, 0.5) is 0 Å². The van der Waals surface area contributed by atoms with Crippen molar-refractivity contribution in [1.29, 1.82) is 0 Å². The molecule has 2 aromatic carbocycles. The van der Waals surface area contributed by atoms with Crippen LogP contribution in [0.15, 0.2) is 60.7 Å². The van der Waals surface area contributed by atoms with Crippen LogP contribution in [0.25, 0.3) is 0 Å². The summed E-state index contributed by atoms with van der Waals surface area (Å²) in [7, 11) is 1.34. The molecule has 0 saturated carbocycles. The lowest BCUT2D eigenvalue weighted by atomic mass is 9.99. The van der Waals surface area contributed by atoms with Crippen molar-refractivity contribution >= 4 is 11.8 Å². The van der Waals surface area contributed by atoms with Gasteiger partial charge in [-0.1, -0.05) is 54.6 Å². The largest absolute Gasteiger partial charge is 0.466 e. The SMILES string of the molecule is COC(=O)/C=C/CCC(=O)c1ccc(CN2CCc3ccccc3C2)cc1. The summed E-state index contributed by atoms with van der Waals surface area (Å²) < 4.78 is 4.52. The predicted molar refractivity (Wildman–Crippen MR) is 105 cm³/mol. The lowest BCUT2D eigenvalue weighted by Crippen LogP contribution is -2.29. The number of nitrogens with zero attached hydrogens (tertiary/aromatic N) is 1. The number of rotatable bonds is 7. The zero-order valence-corrected chi connectivity index (χ0v) is 15.7. The van der Waals surface area contributed by atoms with E-state index in [0.29, 0.717) is 18.4 Å². The first-order chi connectivity index (χ1) is 13.2. The van der Waals surface area contributed by atoms with Gasteiger partial charge >= 0.3 is 5.97 Å². The molecule has 0 saturated heterocycles. The number of benzene rings is 2. The number of fused-ring (bicyclic) bond motifs is 1. The van der Waals surface area contributed by atoms with Crippen LogP contribution < -0.4 is 0 Å². The Morgan fingerprint density at radius 2 is 1.81 bits per heavy atom. The molecule has 0 bridgehead atoms. The molecule has 1 aliphatic rings. The Morgan fingerprint density at radius 1 is 1.07 bits per heavy atom. The maximum Gasteiger partial charge on any atom is 0.330 e. The molecule has 3 rings (SSSR count). The summed E-state index contributed by atoms with van der Waals surface area (Å²) in [4.78, 5) is 25.7. The Morgan fingerprint density at radius 3 is 2.56 bits per heavy atom. The van der Waals surface area contributed by atoms with Crippen molar-refractivity contribution in [1.82, 2.24) is 4.90 Å². The molecular weight excluding hydrogens is 338 g/mol. The first-order valence-corrected chi connectivity index (χ1v) is 9.31. The number of carbonyl (C=O) groups excluding carboxylic acids is 2. The van der Waals surface area contributed by atoms with E-state index in [9.17, 15) is 9.59 Å². The second-order valence-corrected chi connectivity index (χ2v) is 6.81. The molecule has 2 aromatic rings. The second-order valence-electron chi connectivity index (χ2n) is 6.81. The first-order valence-electron chi connectivity index (χ1n) is 9.31. The van der Waals surface area contributed by atoms with Gasteiger partial charge in [0, 0.05) is 37.7 Å². The molecule has 0 spiro atoms. The summed E-state index contributed by atoms with van der Waals surface area (Å²) in [5, 5.41) is 0. The summed E-state index contributed by atoms with van der Waals surface area (Å²) in [6.45, 7) is 2.93. The molecule has 27 heavy (non-hydrogen) atoms. The average molecular weight is 363 g/mol. The molecule has 0 unspecified atom stereocenters. The first kappa shape index (κ1) is 19.1. The zero-order valence-electron chi connectivity index (χ0n) is 15.7. The third-order valence-corrected chi connectivity index (χ3v) is 4.88. The lowest BCUT2D eigenvalue weighted by Gasteiger charge is -2.28. The number of Topliss-reactive ketones (excluding diaryl/α,β-unsaturated/α-hetero) is 1. The highest BCUT2D eigenvalue weighted by atomic mass is 16.5. The molecule has 0 N–H and O–H groups in total. The van der Waals surface area contributed by atoms with E-state index < -0.39 is 5.97 Å². The van der Waals surface area contributed by atoms with Gasteiger partial charge < -0.3 is 4.74 Å². The predicted octanol–water partition coefficient (Wildman–Crippen LogP) is 3.94. The molecule has 0 atom stereocenters. The Kier molecular flexibility index (Phi) is 6.55. The van der Waals surface area contributed by atoms with Gasteiger partial charge in [-0.2, -0.15) is 0 Å². The van der Waals surface area contributed by atoms with E-state index in [2.05, 4.69) is 33.9 Å². The van der Waals surface area contributed by atoms with E-state index in [1.54, 1.807) is 6.08 Å². The molecule has 0 amide bonds. The van der Waals surface area contributed by atoms with E-state index in [1.165, 1.54) is 29.9 Å². The van der Waals surface area contributed by atoms with E-state index >= 15 is 0 Å². The Labute approximate surface area is 160 Å². The van der Waals surface area contributed by atoms with Crippen LogP contribution in [-0.2, 0) is 29.0 Å². The summed E-state index contributed by atoms with van der Waals surface area (Å²) in [5.41, 5.74) is 4.80. The topological polar surface area (TPSA) is 46.6 Å². The van der Waals surface area contributed by atoms with Crippen molar-refractivity contribution in [3.63, 3.8) is 0 Å². The second kappa shape index (κ2) is 9.28. The van der Waals surface area contributed by atoms with Gasteiger partial charge in [0.15, 0.2) is 5.78 Å². The normalized spacial score (nSPS) is 14.1. The molecular formula is C23H25NO3. The Bertz CT molecular complexity index is 824. The van der Waals surface area contributed by atoms with Crippen LogP contribution >= 0.6 is 0 Å². The number of allylic oxidation sites excluding steroid dienone is 1. The number of ether oxygens (including phenoxy) is 1. The third-order valence-electron chi connectivity index (χ3n) is 4.88. The minimum absolute atomic E-state index is 0.0861. The van der Waals surface area contributed by atoms with E-state index in [0.717, 1.165) is 26.1 Å². The fourth-order valence-corrected chi connectivity index (χ4v) is 3.35. The number of carbonyl (C=O) groups is 2. The molecule has 0 fully saturated rings. The quantitative estimate of drug-likeness (QED) is 0.425. The van der Waals surface area contributed by atoms with Crippen molar-refractivity contribution < 1.29 is 14.3 Å². The third kappa shape index (κ3) is 5.38. The summed E-state index contributed by atoms with van der Waals surface area (Å²) in [6.07, 6.45) is 5.03. The molecule has 0 aromatic heterocycles. The van der Waals surface area contributed by atoms with Crippen molar-refractivity contribution in [2.24, 2.45) is 0 Å². The molecule has 0 aliphatic carbocycles. The van der Waals surface area contributed by atoms with Gasteiger partial charge in [-0.25, -0.2) is 4.79 Å². The van der Waals surface area contributed by atoms with Gasteiger partial charge in [0.1, 0.15) is 0 Å². The fourth-order valence-electron chi connectivity index (χ4n) is 3.35. The van der Waals surface area contributed by atoms with Crippen molar-refractivity contribution in [3.8, 4) is 0 Å². The van der Waals surface area contributed by atoms with E-state index in [1.807, 2.05) is 24.3 Å². The summed E-state index contributed by atoms with van der Waals surface area (Å²) in [6, 6.07) is 16.5. The number of ketones is 1. The minimum Gasteiger partial charge on any atom is -0.466 e. The van der Waals surface area contributed by atoms with Gasteiger partial charge in [0.2, 0.25) is 0 Å². The van der Waals surface area contributed by atoms with Gasteiger partial charge in [-0.3, -0.25) is 9.69 Å². The highest BCUT2D eigenvalue weighted by Crippen LogP contribution is 2.20. The lowest BCUT2D eigenvalue weighted by molar-refractivity contribution is -0.134. The van der Waals surface area contributed by atoms with Crippen LogP contribution in [-0.4, -0.2) is 30.3 Å². The van der Waals surface area contributed by atoms with E-state index in [-0.39, 0.29) is 5.78 Å². The highest BCUT2D eigenvalue weighted by Gasteiger charge is 2.15. The Balaban J connectivity index is 1.51. The van der Waals surface area contributed by atoms with Crippen LogP contribution in [0.2, 0.25) is 0 Å². The highest BCUT2D eigenvalue weighted by molar-refractivity contribution is 5.96. The Hall–Kier alpha value is -2.72. The van der Waals surface area contributed by atoms with Gasteiger partial charge in [-0.05, 0) is 29.5 Å². The fraction of sp³-hybridized carbons (Fsp3) is 0.304. The van der Waals surface area contributed by atoms with Gasteiger partial charge in [0.25, 0.3) is 0 Å². The molecule has 4 heteroatoms. The minimum atomic E-state index is -0.396. The van der Waals surface area contributed by atoms with Crippen molar-refractivity contribution in [3.05, 3.63) is 82.9 Å². The monoisotopic (exact) mass is 363 g/mol. The van der Waals surface area contributed by atoms with Crippen molar-refractivity contribution in [2.45, 2.75) is 32.4 Å². The molecule has 4 nitrogen and oxygen atoms in total.